The molecule has 0 radical (unpaired) electrons. The van der Waals surface area contributed by atoms with Crippen LogP contribution in [0.4, 0.5) is 10.5 Å². The zero-order valence-electron chi connectivity index (χ0n) is 21.0. The average molecular weight is 471 g/mol. The van der Waals surface area contributed by atoms with Crippen LogP contribution in [0.25, 0.3) is 0 Å². The summed E-state index contributed by atoms with van der Waals surface area (Å²) in [4.78, 5) is 24.0. The van der Waals surface area contributed by atoms with Gasteiger partial charge in [-0.15, -0.1) is 0 Å². The minimum atomic E-state index is -0.567. The van der Waals surface area contributed by atoms with Gasteiger partial charge in [-0.25, -0.2) is 9.78 Å². The Morgan fingerprint density at radius 2 is 2.12 bits per heavy atom. The molecule has 9 heteroatoms. The highest BCUT2D eigenvalue weighted by Gasteiger charge is 2.35. The molecule has 2 atom stereocenters. The number of hydrogen-bond acceptors (Lipinski definition) is 8. The monoisotopic (exact) mass is 470 g/mol. The second-order valence-corrected chi connectivity index (χ2v) is 10.6. The number of anilines is 1. The quantitative estimate of drug-likeness (QED) is 0.702. The van der Waals surface area contributed by atoms with Crippen LogP contribution in [0.2, 0.25) is 0 Å². The first kappa shape index (κ1) is 24.6. The summed E-state index contributed by atoms with van der Waals surface area (Å²) in [5.41, 5.74) is 2.82. The number of aromatic nitrogens is 1. The summed E-state index contributed by atoms with van der Waals surface area (Å²) >= 11 is 0. The van der Waals surface area contributed by atoms with Crippen LogP contribution in [0.15, 0.2) is 6.07 Å². The maximum Gasteiger partial charge on any atom is 0.410 e. The lowest BCUT2D eigenvalue weighted by atomic mass is 10.0. The molecule has 3 aliphatic rings. The highest BCUT2D eigenvalue weighted by atomic mass is 16.6. The summed E-state index contributed by atoms with van der Waals surface area (Å²) in [5, 5.41) is 12.9. The van der Waals surface area contributed by atoms with E-state index in [9.17, 15) is 10.1 Å². The molecular formula is C25H38N6O3. The Morgan fingerprint density at radius 3 is 2.82 bits per heavy atom. The molecule has 2 fully saturated rings. The zero-order chi connectivity index (χ0) is 24.3. The number of nitriles is 1. The molecule has 3 aliphatic heterocycles. The Bertz CT molecular complexity index is 924. The van der Waals surface area contributed by atoms with Gasteiger partial charge in [-0.05, 0) is 65.7 Å². The van der Waals surface area contributed by atoms with E-state index in [1.165, 1.54) is 12.0 Å². The zero-order valence-corrected chi connectivity index (χ0v) is 21.0. The van der Waals surface area contributed by atoms with Crippen molar-refractivity contribution >= 4 is 11.8 Å². The molecule has 186 valence electrons. The molecule has 9 nitrogen and oxygen atoms in total. The number of piperazine rings is 1. The number of pyridine rings is 1. The van der Waals surface area contributed by atoms with Crippen molar-refractivity contribution in [2.45, 2.75) is 70.7 Å². The van der Waals surface area contributed by atoms with Gasteiger partial charge in [0.2, 0.25) is 5.88 Å². The molecule has 0 bridgehead atoms. The number of likely N-dealkylation sites (N-methyl/N-ethyl adjacent to an activating group) is 1. The largest absolute Gasteiger partial charge is 0.476 e. The third kappa shape index (κ3) is 5.73. The number of nitrogens with zero attached hydrogens (tertiary/aromatic N) is 5. The summed E-state index contributed by atoms with van der Waals surface area (Å²) in [6.07, 6.45) is 3.18. The maximum absolute atomic E-state index is 12.8. The van der Waals surface area contributed by atoms with Gasteiger partial charge in [-0.1, -0.05) is 0 Å². The van der Waals surface area contributed by atoms with Crippen LogP contribution in [0, 0.1) is 11.3 Å². The second-order valence-electron chi connectivity index (χ2n) is 10.6. The fourth-order valence-electron chi connectivity index (χ4n) is 5.07. The van der Waals surface area contributed by atoms with Crippen LogP contribution >= 0.6 is 0 Å². The van der Waals surface area contributed by atoms with Crippen molar-refractivity contribution < 1.29 is 14.3 Å². The molecule has 1 N–H and O–H groups in total. The standard InChI is InChI=1S/C25H38N6O3/c1-25(2,3)34-24(32)31-13-12-30(16-18(31)7-9-26)22-14-23(28-21-15-27-10-8-20(21)22)33-17-19-6-5-11-29(19)4/h14,18-19,27H,5-8,10-13,15-17H2,1-4H3/t18?,19-/m0/s1. The van der Waals surface area contributed by atoms with Gasteiger partial charge in [0.1, 0.15) is 12.2 Å². The van der Waals surface area contributed by atoms with Crippen molar-refractivity contribution in [3.8, 4) is 11.9 Å². The van der Waals surface area contributed by atoms with Crippen LogP contribution in [0.1, 0.15) is 51.3 Å². The minimum absolute atomic E-state index is 0.226. The van der Waals surface area contributed by atoms with Gasteiger partial charge < -0.3 is 29.5 Å². The molecule has 1 amide bonds. The van der Waals surface area contributed by atoms with Gasteiger partial charge in [0, 0.05) is 44.0 Å². The summed E-state index contributed by atoms with van der Waals surface area (Å²) in [6.45, 7) is 10.8. The number of amides is 1. The molecule has 1 aromatic heterocycles. The third-order valence-electron chi connectivity index (χ3n) is 6.88. The topological polar surface area (TPSA) is 94.0 Å². The molecular weight excluding hydrogens is 432 g/mol. The van der Waals surface area contributed by atoms with E-state index in [1.54, 1.807) is 4.90 Å². The lowest BCUT2D eigenvalue weighted by molar-refractivity contribution is 0.0145. The van der Waals surface area contributed by atoms with Crippen molar-refractivity contribution in [3.05, 3.63) is 17.3 Å². The Hall–Kier alpha value is -2.57. The van der Waals surface area contributed by atoms with Crippen molar-refractivity contribution in [1.29, 1.82) is 5.26 Å². The van der Waals surface area contributed by atoms with Gasteiger partial charge in [-0.3, -0.25) is 0 Å². The van der Waals surface area contributed by atoms with E-state index < -0.39 is 5.60 Å². The molecule has 4 heterocycles. The lowest BCUT2D eigenvalue weighted by Gasteiger charge is -2.42. The van der Waals surface area contributed by atoms with E-state index in [-0.39, 0.29) is 18.6 Å². The fourth-order valence-corrected chi connectivity index (χ4v) is 5.07. The summed E-state index contributed by atoms with van der Waals surface area (Å²) in [5.74, 6) is 0.657. The lowest BCUT2D eigenvalue weighted by Crippen LogP contribution is -2.56. The van der Waals surface area contributed by atoms with Crippen LogP contribution in [0.3, 0.4) is 0 Å². The van der Waals surface area contributed by atoms with Crippen LogP contribution in [0.5, 0.6) is 5.88 Å². The molecule has 0 aliphatic carbocycles. The number of hydrogen-bond donors (Lipinski definition) is 1. The first-order valence-electron chi connectivity index (χ1n) is 12.4. The van der Waals surface area contributed by atoms with Gasteiger partial charge in [0.25, 0.3) is 0 Å². The average Bonchev–Trinajstić information content (AvgIpc) is 3.20. The highest BCUT2D eigenvalue weighted by Crippen LogP contribution is 2.32. The number of carbonyl (C=O) groups excluding carboxylic acids is 1. The van der Waals surface area contributed by atoms with E-state index in [4.69, 9.17) is 14.5 Å². The molecule has 1 aromatic rings. The molecule has 2 saturated heterocycles. The molecule has 0 spiro atoms. The first-order chi connectivity index (χ1) is 16.2. The molecule has 0 aromatic carbocycles. The highest BCUT2D eigenvalue weighted by molar-refractivity contribution is 5.69. The number of nitrogens with one attached hydrogen (secondary N) is 1. The summed E-state index contributed by atoms with van der Waals surface area (Å²) < 4.78 is 11.8. The Kier molecular flexibility index (Phi) is 7.48. The third-order valence-corrected chi connectivity index (χ3v) is 6.88. The van der Waals surface area contributed by atoms with E-state index in [0.29, 0.717) is 38.2 Å². The minimum Gasteiger partial charge on any atom is -0.476 e. The second kappa shape index (κ2) is 10.4. The van der Waals surface area contributed by atoms with Gasteiger partial charge in [0.15, 0.2) is 0 Å². The number of fused-ring (bicyclic) bond motifs is 1. The van der Waals surface area contributed by atoms with Crippen molar-refractivity contribution in [3.63, 3.8) is 0 Å². The Labute approximate surface area is 203 Å². The van der Waals surface area contributed by atoms with E-state index >= 15 is 0 Å². The van der Waals surface area contributed by atoms with Gasteiger partial charge >= 0.3 is 6.09 Å². The Balaban J connectivity index is 1.54. The number of carbonyl (C=O) groups is 1. The van der Waals surface area contributed by atoms with E-state index in [2.05, 4.69) is 34.3 Å². The number of likely N-dealkylation sites (tertiary alicyclic amines) is 1. The molecule has 4 rings (SSSR count). The van der Waals surface area contributed by atoms with Crippen LogP contribution in [-0.4, -0.2) is 84.9 Å². The maximum atomic E-state index is 12.8. The molecule has 1 unspecified atom stereocenters. The van der Waals surface area contributed by atoms with Crippen molar-refractivity contribution in [1.82, 2.24) is 20.1 Å². The Morgan fingerprint density at radius 1 is 1.29 bits per heavy atom. The predicted molar refractivity (Wildman–Crippen MR) is 130 cm³/mol. The normalized spacial score (nSPS) is 23.4. The summed E-state index contributed by atoms with van der Waals surface area (Å²) in [6, 6.07) is 4.52. The number of ether oxygens (including phenoxy) is 2. The van der Waals surface area contributed by atoms with Crippen molar-refractivity contribution in [2.24, 2.45) is 0 Å². The molecule has 0 saturated carbocycles. The predicted octanol–water partition coefficient (Wildman–Crippen LogP) is 2.54. The number of rotatable bonds is 5. The molecule has 34 heavy (non-hydrogen) atoms. The van der Waals surface area contributed by atoms with Gasteiger partial charge in [0.05, 0.1) is 24.2 Å². The van der Waals surface area contributed by atoms with Gasteiger partial charge in [-0.2, -0.15) is 5.26 Å². The van der Waals surface area contributed by atoms with Crippen LogP contribution < -0.4 is 15.0 Å². The first-order valence-corrected chi connectivity index (χ1v) is 12.4. The van der Waals surface area contributed by atoms with E-state index in [0.717, 1.165) is 43.9 Å². The SMILES string of the molecule is CN1CCC[C@H]1COc1cc(N2CCN(C(=O)OC(C)(C)C)C(CC#N)C2)c2c(n1)CNCC2. The summed E-state index contributed by atoms with van der Waals surface area (Å²) in [7, 11) is 2.15. The van der Waals surface area contributed by atoms with E-state index in [1.807, 2.05) is 20.8 Å². The van der Waals surface area contributed by atoms with Crippen LogP contribution in [-0.2, 0) is 17.7 Å². The smallest absolute Gasteiger partial charge is 0.410 e. The van der Waals surface area contributed by atoms with Crippen molar-refractivity contribution in [2.75, 3.05) is 51.3 Å². The fraction of sp³-hybridized carbons (Fsp3) is 0.720.